The number of alkyl carbamates (subject to hydrolysis) is 1. The zero-order valence-electron chi connectivity index (χ0n) is 16.8. The van der Waals surface area contributed by atoms with Gasteiger partial charge in [-0.2, -0.15) is 0 Å². The fourth-order valence-electron chi connectivity index (χ4n) is 2.12. The second-order valence-electron chi connectivity index (χ2n) is 7.20. The zero-order chi connectivity index (χ0) is 19.6. The summed E-state index contributed by atoms with van der Waals surface area (Å²) >= 11 is 0. The Morgan fingerprint density at radius 2 is 1.69 bits per heavy atom. The molecule has 146 valence electrons. The van der Waals surface area contributed by atoms with Gasteiger partial charge in [0.05, 0.1) is 0 Å². The number of aliphatic imine (C=N–C) groups is 1. The number of carbonyl (C=O) groups is 1. The Morgan fingerprint density at radius 1 is 1.08 bits per heavy atom. The predicted molar refractivity (Wildman–Crippen MR) is 108 cm³/mol. The maximum absolute atomic E-state index is 11.5. The highest BCUT2D eigenvalue weighted by Crippen LogP contribution is 2.11. The Labute approximate surface area is 157 Å². The van der Waals surface area contributed by atoms with Gasteiger partial charge in [-0.25, -0.2) is 4.79 Å². The van der Waals surface area contributed by atoms with Crippen LogP contribution in [0.25, 0.3) is 0 Å². The van der Waals surface area contributed by atoms with E-state index in [-0.39, 0.29) is 6.09 Å². The summed E-state index contributed by atoms with van der Waals surface area (Å²) in [5.74, 6) is 0.735. The van der Waals surface area contributed by atoms with Gasteiger partial charge >= 0.3 is 6.09 Å². The van der Waals surface area contributed by atoms with E-state index in [1.54, 1.807) is 7.05 Å². The minimum absolute atomic E-state index is 0.388. The lowest BCUT2D eigenvalue weighted by molar-refractivity contribution is 0.0527. The van der Waals surface area contributed by atoms with E-state index in [0.29, 0.717) is 19.6 Å². The summed E-state index contributed by atoms with van der Waals surface area (Å²) in [5.41, 5.74) is 1.89. The second kappa shape index (κ2) is 10.5. The molecule has 0 fully saturated rings. The number of guanidine groups is 1. The maximum atomic E-state index is 11.5. The Morgan fingerprint density at radius 3 is 2.23 bits per heavy atom. The first-order chi connectivity index (χ1) is 12.2. The van der Waals surface area contributed by atoms with E-state index >= 15 is 0 Å². The molecule has 0 atom stereocenters. The lowest BCUT2D eigenvalue weighted by Crippen LogP contribution is -2.39. The molecular formula is C19H33N5O2. The van der Waals surface area contributed by atoms with Gasteiger partial charge in [0, 0.05) is 46.5 Å². The van der Waals surface area contributed by atoms with E-state index in [0.717, 1.165) is 12.4 Å². The van der Waals surface area contributed by atoms with Crippen LogP contribution in [0.15, 0.2) is 29.3 Å². The van der Waals surface area contributed by atoms with E-state index in [4.69, 9.17) is 4.74 Å². The fraction of sp³-hybridized carbons (Fsp3) is 0.579. The molecule has 0 heterocycles. The average Bonchev–Trinajstić information content (AvgIpc) is 2.56. The van der Waals surface area contributed by atoms with Gasteiger partial charge in [0.1, 0.15) is 5.60 Å². The van der Waals surface area contributed by atoms with E-state index in [1.165, 1.54) is 11.3 Å². The summed E-state index contributed by atoms with van der Waals surface area (Å²) in [4.78, 5) is 17.8. The van der Waals surface area contributed by atoms with Gasteiger partial charge in [-0.1, -0.05) is 12.1 Å². The number of ether oxygens (including phenoxy) is 1. The zero-order valence-corrected chi connectivity index (χ0v) is 16.8. The van der Waals surface area contributed by atoms with Crippen LogP contribution in [0.5, 0.6) is 0 Å². The van der Waals surface area contributed by atoms with E-state index in [1.807, 2.05) is 34.9 Å². The van der Waals surface area contributed by atoms with E-state index in [9.17, 15) is 4.79 Å². The van der Waals surface area contributed by atoms with Gasteiger partial charge < -0.3 is 25.6 Å². The summed E-state index contributed by atoms with van der Waals surface area (Å²) in [6.45, 7) is 7.48. The molecular weight excluding hydrogens is 330 g/mol. The van der Waals surface area contributed by atoms with Crippen molar-refractivity contribution in [1.29, 1.82) is 0 Å². The van der Waals surface area contributed by atoms with Crippen molar-refractivity contribution >= 4 is 17.7 Å². The highest BCUT2D eigenvalue weighted by atomic mass is 16.6. The molecule has 0 saturated heterocycles. The third-order valence-corrected chi connectivity index (χ3v) is 3.45. The number of hydrogen-bond acceptors (Lipinski definition) is 4. The van der Waals surface area contributed by atoms with Crippen LogP contribution in [0.2, 0.25) is 0 Å². The Bertz CT molecular complexity index is 577. The number of amides is 1. The topological polar surface area (TPSA) is 78.0 Å². The van der Waals surface area contributed by atoms with Crippen molar-refractivity contribution < 1.29 is 9.53 Å². The summed E-state index contributed by atoms with van der Waals surface area (Å²) in [6, 6.07) is 8.38. The third kappa shape index (κ3) is 9.15. The monoisotopic (exact) mass is 363 g/mol. The largest absolute Gasteiger partial charge is 0.444 e. The lowest BCUT2D eigenvalue weighted by atomic mass is 10.2. The first-order valence-corrected chi connectivity index (χ1v) is 8.89. The normalized spacial score (nSPS) is 11.7. The van der Waals surface area contributed by atoms with Gasteiger partial charge in [0.2, 0.25) is 0 Å². The van der Waals surface area contributed by atoms with Crippen molar-refractivity contribution in [2.75, 3.05) is 39.1 Å². The van der Waals surface area contributed by atoms with Gasteiger partial charge in [-0.15, -0.1) is 0 Å². The van der Waals surface area contributed by atoms with Gasteiger partial charge in [0.15, 0.2) is 5.96 Å². The molecule has 26 heavy (non-hydrogen) atoms. The Balaban J connectivity index is 2.24. The number of nitrogens with zero attached hydrogens (tertiary/aromatic N) is 2. The summed E-state index contributed by atoms with van der Waals surface area (Å²) in [6.07, 6.45) is 0.387. The first-order valence-electron chi connectivity index (χ1n) is 8.89. The van der Waals surface area contributed by atoms with Crippen LogP contribution in [0.4, 0.5) is 10.5 Å². The van der Waals surface area contributed by atoms with Crippen molar-refractivity contribution in [2.24, 2.45) is 4.99 Å². The molecule has 3 N–H and O–H groups in total. The summed E-state index contributed by atoms with van der Waals surface area (Å²) in [5, 5.41) is 9.25. The molecule has 7 heteroatoms. The summed E-state index contributed by atoms with van der Waals surface area (Å²) < 4.78 is 5.19. The summed E-state index contributed by atoms with van der Waals surface area (Å²) in [7, 11) is 5.79. The predicted octanol–water partition coefficient (Wildman–Crippen LogP) is 2.33. The van der Waals surface area contributed by atoms with Crippen LogP contribution in [0.1, 0.15) is 32.8 Å². The van der Waals surface area contributed by atoms with E-state index < -0.39 is 5.60 Å². The highest BCUT2D eigenvalue weighted by Gasteiger charge is 2.15. The van der Waals surface area contributed by atoms with Crippen LogP contribution in [-0.2, 0) is 11.3 Å². The molecule has 0 saturated carbocycles. The molecule has 0 unspecified atom stereocenters. The van der Waals surface area contributed by atoms with Crippen molar-refractivity contribution in [3.63, 3.8) is 0 Å². The quantitative estimate of drug-likeness (QED) is 0.394. The number of nitrogens with one attached hydrogen (secondary N) is 3. The lowest BCUT2D eigenvalue weighted by Gasteiger charge is -2.19. The van der Waals surface area contributed by atoms with Crippen LogP contribution in [0.3, 0.4) is 0 Å². The molecule has 1 amide bonds. The molecule has 0 aliphatic heterocycles. The molecule has 0 aliphatic carbocycles. The number of rotatable bonds is 7. The molecule has 0 bridgehead atoms. The van der Waals surface area contributed by atoms with Crippen molar-refractivity contribution in [1.82, 2.24) is 16.0 Å². The molecule has 0 radical (unpaired) electrons. The van der Waals surface area contributed by atoms with Crippen LogP contribution >= 0.6 is 0 Å². The first kappa shape index (κ1) is 21.6. The van der Waals surface area contributed by atoms with Gasteiger partial charge in [0.25, 0.3) is 0 Å². The molecule has 1 aromatic rings. The molecule has 7 nitrogen and oxygen atoms in total. The van der Waals surface area contributed by atoms with Crippen molar-refractivity contribution in [3.8, 4) is 0 Å². The minimum atomic E-state index is -0.473. The van der Waals surface area contributed by atoms with Gasteiger partial charge in [-0.05, 0) is 44.9 Å². The Kier molecular flexibility index (Phi) is 8.75. The van der Waals surface area contributed by atoms with Crippen molar-refractivity contribution in [3.05, 3.63) is 29.8 Å². The van der Waals surface area contributed by atoms with E-state index in [2.05, 4.69) is 50.1 Å². The number of hydrogen-bond donors (Lipinski definition) is 3. The SMILES string of the molecule is CN=C(NCCCNC(=O)OC(C)(C)C)NCc1ccc(N(C)C)cc1. The number of carbonyl (C=O) groups excluding carboxylic acids is 1. The van der Waals surface area contributed by atoms with Crippen LogP contribution in [0, 0.1) is 0 Å². The fourth-order valence-corrected chi connectivity index (χ4v) is 2.12. The maximum Gasteiger partial charge on any atom is 0.407 e. The third-order valence-electron chi connectivity index (χ3n) is 3.45. The Hall–Kier alpha value is -2.44. The average molecular weight is 364 g/mol. The second-order valence-corrected chi connectivity index (χ2v) is 7.20. The van der Waals surface area contributed by atoms with Crippen molar-refractivity contribution in [2.45, 2.75) is 39.3 Å². The number of anilines is 1. The molecule has 0 aromatic heterocycles. The molecule has 1 rings (SSSR count). The van der Waals surface area contributed by atoms with Crippen LogP contribution < -0.4 is 20.9 Å². The standard InChI is InChI=1S/C19H33N5O2/c1-19(2,3)26-18(25)22-13-7-12-21-17(20-4)23-14-15-8-10-16(11-9-15)24(5)6/h8-11H,7,12-14H2,1-6H3,(H,22,25)(H2,20,21,23). The number of benzene rings is 1. The highest BCUT2D eigenvalue weighted by molar-refractivity contribution is 5.79. The molecule has 1 aromatic carbocycles. The molecule has 0 spiro atoms. The smallest absolute Gasteiger partial charge is 0.407 e. The van der Waals surface area contributed by atoms with Crippen LogP contribution in [-0.4, -0.2) is 51.9 Å². The molecule has 0 aliphatic rings. The minimum Gasteiger partial charge on any atom is -0.444 e. The van der Waals surface area contributed by atoms with Gasteiger partial charge in [-0.3, -0.25) is 4.99 Å².